The van der Waals surface area contributed by atoms with E-state index in [1.54, 1.807) is 23.7 Å². The Hall–Kier alpha value is -3.25. The van der Waals surface area contributed by atoms with E-state index in [1.165, 1.54) is 22.7 Å². The first-order valence-electron chi connectivity index (χ1n) is 10.1. The lowest BCUT2D eigenvalue weighted by Crippen LogP contribution is -2.44. The molecule has 1 atom stereocenters. The zero-order valence-electron chi connectivity index (χ0n) is 17.8. The van der Waals surface area contributed by atoms with Gasteiger partial charge in [-0.15, -0.1) is 5.10 Å². The molecule has 12 heteroatoms. The molecular formula is C20H22FN7O3S. The van der Waals surface area contributed by atoms with Gasteiger partial charge in [-0.05, 0) is 31.2 Å². The van der Waals surface area contributed by atoms with Gasteiger partial charge in [0.15, 0.2) is 20.7 Å². The minimum absolute atomic E-state index is 0.0210. The number of sulfone groups is 1. The van der Waals surface area contributed by atoms with Gasteiger partial charge in [-0.2, -0.15) is 4.98 Å². The molecule has 168 valence electrons. The van der Waals surface area contributed by atoms with E-state index in [2.05, 4.69) is 20.3 Å². The average molecular weight is 460 g/mol. The molecular weight excluding hydrogens is 437 g/mol. The van der Waals surface area contributed by atoms with Crippen molar-refractivity contribution >= 4 is 38.2 Å². The summed E-state index contributed by atoms with van der Waals surface area (Å²) in [6, 6.07) is 7.49. The van der Waals surface area contributed by atoms with Crippen molar-refractivity contribution in [2.24, 2.45) is 0 Å². The number of rotatable bonds is 4. The van der Waals surface area contributed by atoms with Crippen LogP contribution in [0.15, 0.2) is 35.4 Å². The van der Waals surface area contributed by atoms with Crippen LogP contribution in [0.1, 0.15) is 6.92 Å². The molecule has 1 unspecified atom stereocenters. The fourth-order valence-corrected chi connectivity index (χ4v) is 4.76. The van der Waals surface area contributed by atoms with E-state index in [0.717, 1.165) is 6.26 Å². The van der Waals surface area contributed by atoms with Crippen molar-refractivity contribution in [3.05, 3.63) is 36.1 Å². The number of morpholine rings is 1. The Labute approximate surface area is 183 Å². The van der Waals surface area contributed by atoms with Crippen LogP contribution < -0.4 is 10.2 Å². The van der Waals surface area contributed by atoms with Crippen molar-refractivity contribution in [2.75, 3.05) is 43.3 Å². The number of halogens is 1. The van der Waals surface area contributed by atoms with Crippen LogP contribution in [-0.2, 0) is 14.6 Å². The van der Waals surface area contributed by atoms with Crippen molar-refractivity contribution in [3.8, 4) is 5.95 Å². The van der Waals surface area contributed by atoms with Crippen molar-refractivity contribution in [2.45, 2.75) is 18.0 Å². The molecule has 3 aromatic heterocycles. The monoisotopic (exact) mass is 459 g/mol. The van der Waals surface area contributed by atoms with E-state index in [9.17, 15) is 12.8 Å². The third-order valence-corrected chi connectivity index (χ3v) is 6.57. The molecule has 0 aliphatic carbocycles. The van der Waals surface area contributed by atoms with Gasteiger partial charge in [0.25, 0.3) is 5.95 Å². The molecule has 1 saturated heterocycles. The number of anilines is 2. The Morgan fingerprint density at radius 3 is 2.72 bits per heavy atom. The first-order chi connectivity index (χ1) is 15.3. The Bertz CT molecular complexity index is 1450. The van der Waals surface area contributed by atoms with Crippen LogP contribution in [0.5, 0.6) is 0 Å². The van der Waals surface area contributed by atoms with E-state index in [1.807, 2.05) is 6.92 Å². The largest absolute Gasteiger partial charge is 0.377 e. The molecule has 1 aliphatic rings. The number of fused-ring (bicyclic) bond motifs is 2. The topological polar surface area (TPSA) is 107 Å². The lowest BCUT2D eigenvalue weighted by atomic mass is 10.2. The number of nitrogens with one attached hydrogen (secondary N) is 1. The van der Waals surface area contributed by atoms with Gasteiger partial charge in [-0.3, -0.25) is 0 Å². The third-order valence-electron chi connectivity index (χ3n) is 5.50. The van der Waals surface area contributed by atoms with Gasteiger partial charge >= 0.3 is 0 Å². The smallest absolute Gasteiger partial charge is 0.257 e. The molecule has 1 aromatic carbocycles. The number of benzene rings is 1. The van der Waals surface area contributed by atoms with Crippen LogP contribution in [0.2, 0.25) is 0 Å². The molecule has 0 saturated carbocycles. The lowest BCUT2D eigenvalue weighted by Gasteiger charge is -2.34. The first-order valence-corrected chi connectivity index (χ1v) is 12.0. The second kappa shape index (κ2) is 7.41. The van der Waals surface area contributed by atoms with Crippen LogP contribution in [0.3, 0.4) is 0 Å². The quantitative estimate of drug-likeness (QED) is 0.493. The molecule has 4 heterocycles. The number of aromatic nitrogens is 5. The van der Waals surface area contributed by atoms with Crippen molar-refractivity contribution in [3.63, 3.8) is 0 Å². The predicted octanol–water partition coefficient (Wildman–Crippen LogP) is 1.88. The zero-order valence-corrected chi connectivity index (χ0v) is 18.6. The lowest BCUT2D eigenvalue weighted by molar-refractivity contribution is 0.0986. The highest BCUT2D eigenvalue weighted by Crippen LogP contribution is 2.29. The van der Waals surface area contributed by atoms with Crippen molar-refractivity contribution in [1.29, 1.82) is 0 Å². The van der Waals surface area contributed by atoms with Gasteiger partial charge in [0, 0.05) is 25.9 Å². The fraction of sp³-hybridized carbons (Fsp3) is 0.350. The molecule has 10 nitrogen and oxygen atoms in total. The Kier molecular flexibility index (Phi) is 4.78. The molecule has 1 fully saturated rings. The predicted molar refractivity (Wildman–Crippen MR) is 118 cm³/mol. The fourth-order valence-electron chi connectivity index (χ4n) is 3.99. The van der Waals surface area contributed by atoms with E-state index in [-0.39, 0.29) is 17.0 Å². The summed E-state index contributed by atoms with van der Waals surface area (Å²) in [5, 5.41) is 7.57. The first kappa shape index (κ1) is 20.6. The van der Waals surface area contributed by atoms with E-state index in [0.29, 0.717) is 48.1 Å². The Morgan fingerprint density at radius 2 is 2.00 bits per heavy atom. The van der Waals surface area contributed by atoms with Crippen LogP contribution in [0, 0.1) is 5.82 Å². The zero-order chi connectivity index (χ0) is 22.6. The van der Waals surface area contributed by atoms with Gasteiger partial charge < -0.3 is 15.0 Å². The molecule has 1 aliphatic heterocycles. The molecule has 4 aromatic rings. The third kappa shape index (κ3) is 3.26. The van der Waals surface area contributed by atoms with E-state index < -0.39 is 15.7 Å². The molecule has 1 N–H and O–H groups in total. The summed E-state index contributed by atoms with van der Waals surface area (Å²) in [6.45, 7) is 3.65. The summed E-state index contributed by atoms with van der Waals surface area (Å²) in [7, 11) is -1.88. The second-order valence-corrected chi connectivity index (χ2v) is 9.71. The molecule has 32 heavy (non-hydrogen) atoms. The SMILES string of the molecule is CNc1nc2ccc(F)cc2n1-c1nc(N2CCOCC2C)c2ccc(S(C)(=O)=O)n2n1. The standard InChI is InChI=1S/C20H22FN7O3S/c1-12-11-31-9-8-26(12)18-15-6-7-17(32(3,29)30)28(15)25-20(24-18)27-16-10-13(21)4-5-14(16)23-19(27)22-2/h4-7,10,12H,8-9,11H2,1-3H3,(H,22,23). The number of imidazole rings is 1. The maximum absolute atomic E-state index is 14.1. The molecule has 0 bridgehead atoms. The van der Waals surface area contributed by atoms with E-state index in [4.69, 9.17) is 9.72 Å². The normalized spacial score (nSPS) is 17.4. The van der Waals surface area contributed by atoms with Crippen LogP contribution in [0.25, 0.3) is 22.5 Å². The maximum Gasteiger partial charge on any atom is 0.257 e. The van der Waals surface area contributed by atoms with Gasteiger partial charge in [-0.1, -0.05) is 0 Å². The minimum Gasteiger partial charge on any atom is -0.377 e. The maximum atomic E-state index is 14.1. The second-order valence-electron chi connectivity index (χ2n) is 7.75. The van der Waals surface area contributed by atoms with Gasteiger partial charge in [0.05, 0.1) is 30.3 Å². The summed E-state index contributed by atoms with van der Waals surface area (Å²) in [5.41, 5.74) is 1.57. The highest BCUT2D eigenvalue weighted by molar-refractivity contribution is 7.90. The summed E-state index contributed by atoms with van der Waals surface area (Å²) < 4.78 is 47.5. The highest BCUT2D eigenvalue weighted by Gasteiger charge is 2.27. The van der Waals surface area contributed by atoms with Crippen LogP contribution in [-0.4, -0.2) is 71.7 Å². The molecule has 5 rings (SSSR count). The number of hydrogen-bond donors (Lipinski definition) is 1. The minimum atomic E-state index is -3.57. The molecule has 0 radical (unpaired) electrons. The van der Waals surface area contributed by atoms with Gasteiger partial charge in [0.2, 0.25) is 5.95 Å². The Morgan fingerprint density at radius 1 is 1.19 bits per heavy atom. The average Bonchev–Trinajstić information content (AvgIpc) is 3.34. The number of ether oxygens (including phenoxy) is 1. The molecule has 0 amide bonds. The number of nitrogens with zero attached hydrogens (tertiary/aromatic N) is 6. The van der Waals surface area contributed by atoms with Gasteiger partial charge in [-0.25, -0.2) is 26.9 Å². The van der Waals surface area contributed by atoms with E-state index >= 15 is 0 Å². The highest BCUT2D eigenvalue weighted by atomic mass is 32.2. The van der Waals surface area contributed by atoms with Crippen molar-refractivity contribution in [1.82, 2.24) is 24.1 Å². The number of hydrogen-bond acceptors (Lipinski definition) is 8. The summed E-state index contributed by atoms with van der Waals surface area (Å²) in [5.74, 6) is 0.715. The summed E-state index contributed by atoms with van der Waals surface area (Å²) in [6.07, 6.45) is 1.13. The summed E-state index contributed by atoms with van der Waals surface area (Å²) in [4.78, 5) is 11.4. The summed E-state index contributed by atoms with van der Waals surface area (Å²) >= 11 is 0. The van der Waals surface area contributed by atoms with Crippen LogP contribution in [0.4, 0.5) is 16.2 Å². The van der Waals surface area contributed by atoms with Crippen LogP contribution >= 0.6 is 0 Å². The van der Waals surface area contributed by atoms with Gasteiger partial charge in [0.1, 0.15) is 11.3 Å². The Balaban J connectivity index is 1.85. The molecule has 0 spiro atoms. The van der Waals surface area contributed by atoms with Crippen molar-refractivity contribution < 1.29 is 17.5 Å².